The van der Waals surface area contributed by atoms with Crippen molar-refractivity contribution in [3.8, 4) is 5.75 Å². The van der Waals surface area contributed by atoms with Crippen molar-refractivity contribution in [1.82, 2.24) is 4.98 Å². The molecule has 2 aromatic carbocycles. The molecule has 9 heteroatoms. The molecule has 0 unspecified atom stereocenters. The topological polar surface area (TPSA) is 80.3 Å². The fourth-order valence-electron chi connectivity index (χ4n) is 2.17. The van der Waals surface area contributed by atoms with Crippen LogP contribution in [0.15, 0.2) is 47.8 Å². The number of methoxy groups -OCH3 is 1. The number of nitrogens with zero attached hydrogens (tertiary/aromatic N) is 1. The lowest BCUT2D eigenvalue weighted by atomic mass is 10.2. The maximum Gasteiger partial charge on any atom is 0.275 e. The molecular formula is C18H13Cl2N3O3S. The fraction of sp³-hybridized carbons (Fsp3) is 0.0556. The van der Waals surface area contributed by atoms with Crippen LogP contribution in [0.25, 0.3) is 0 Å². The van der Waals surface area contributed by atoms with Crippen LogP contribution in [-0.2, 0) is 0 Å². The van der Waals surface area contributed by atoms with Crippen LogP contribution in [0.4, 0.5) is 10.8 Å². The van der Waals surface area contributed by atoms with E-state index >= 15 is 0 Å². The normalized spacial score (nSPS) is 10.3. The minimum Gasteiger partial charge on any atom is -0.495 e. The Balaban J connectivity index is 1.70. The summed E-state index contributed by atoms with van der Waals surface area (Å²) in [6, 6.07) is 11.3. The molecule has 0 aliphatic rings. The molecule has 0 aliphatic carbocycles. The zero-order chi connectivity index (χ0) is 19.4. The van der Waals surface area contributed by atoms with Gasteiger partial charge < -0.3 is 10.1 Å². The third-order valence-electron chi connectivity index (χ3n) is 3.47. The Morgan fingerprint density at radius 2 is 1.70 bits per heavy atom. The molecule has 3 aromatic rings. The van der Waals surface area contributed by atoms with Crippen molar-refractivity contribution in [1.29, 1.82) is 0 Å². The van der Waals surface area contributed by atoms with Gasteiger partial charge in [0.05, 0.1) is 12.8 Å². The van der Waals surface area contributed by atoms with Gasteiger partial charge in [0, 0.05) is 21.0 Å². The smallest absolute Gasteiger partial charge is 0.275 e. The number of anilines is 2. The third-order valence-corrected chi connectivity index (χ3v) is 4.72. The molecule has 1 aromatic heterocycles. The largest absolute Gasteiger partial charge is 0.495 e. The molecule has 0 bridgehead atoms. The maximum absolute atomic E-state index is 12.4. The SMILES string of the molecule is COc1ccc(Cl)cc1NC(=O)c1csc(NC(=O)c2ccc(Cl)cc2)n1. The Bertz CT molecular complexity index is 990. The van der Waals surface area contributed by atoms with E-state index < -0.39 is 5.91 Å². The van der Waals surface area contributed by atoms with E-state index in [1.165, 1.54) is 7.11 Å². The summed E-state index contributed by atoms with van der Waals surface area (Å²) >= 11 is 12.9. The molecule has 1 heterocycles. The molecule has 0 saturated carbocycles. The Labute approximate surface area is 169 Å². The average molecular weight is 422 g/mol. The van der Waals surface area contributed by atoms with Gasteiger partial charge in [0.25, 0.3) is 11.8 Å². The van der Waals surface area contributed by atoms with Gasteiger partial charge in [0.2, 0.25) is 0 Å². The summed E-state index contributed by atoms with van der Waals surface area (Å²) in [5.41, 5.74) is 1.02. The van der Waals surface area contributed by atoms with E-state index in [1.807, 2.05) is 0 Å². The predicted molar refractivity (Wildman–Crippen MR) is 107 cm³/mol. The number of rotatable bonds is 5. The number of amides is 2. The number of benzene rings is 2. The van der Waals surface area contributed by atoms with Crippen LogP contribution in [0.2, 0.25) is 10.0 Å². The molecule has 6 nitrogen and oxygen atoms in total. The van der Waals surface area contributed by atoms with Crippen LogP contribution >= 0.6 is 34.5 Å². The van der Waals surface area contributed by atoms with Gasteiger partial charge >= 0.3 is 0 Å². The molecular weight excluding hydrogens is 409 g/mol. The van der Waals surface area contributed by atoms with Crippen molar-refractivity contribution >= 4 is 57.2 Å². The standard InChI is InChI=1S/C18H13Cl2N3O3S/c1-26-15-7-6-12(20)8-13(15)21-17(25)14-9-27-18(22-14)23-16(24)10-2-4-11(19)5-3-10/h2-9H,1H3,(H,21,25)(H,22,23,24). The summed E-state index contributed by atoms with van der Waals surface area (Å²) < 4.78 is 5.19. The first-order chi connectivity index (χ1) is 13.0. The highest BCUT2D eigenvalue weighted by Crippen LogP contribution is 2.28. The molecule has 138 valence electrons. The summed E-state index contributed by atoms with van der Waals surface area (Å²) in [7, 11) is 1.49. The minimum absolute atomic E-state index is 0.161. The second kappa shape index (κ2) is 8.39. The summed E-state index contributed by atoms with van der Waals surface area (Å²) in [5.74, 6) is -0.317. The number of carbonyl (C=O) groups excluding carboxylic acids is 2. The molecule has 2 amide bonds. The molecule has 27 heavy (non-hydrogen) atoms. The average Bonchev–Trinajstić information content (AvgIpc) is 3.11. The molecule has 0 atom stereocenters. The van der Waals surface area contributed by atoms with Crippen LogP contribution < -0.4 is 15.4 Å². The lowest BCUT2D eigenvalue weighted by molar-refractivity contribution is 0.101. The number of nitrogens with one attached hydrogen (secondary N) is 2. The molecule has 0 fully saturated rings. The number of aromatic nitrogens is 1. The number of halogens is 2. The van der Waals surface area contributed by atoms with E-state index in [1.54, 1.807) is 47.8 Å². The second-order valence-electron chi connectivity index (χ2n) is 5.30. The molecule has 2 N–H and O–H groups in total. The van der Waals surface area contributed by atoms with E-state index in [2.05, 4.69) is 15.6 Å². The third kappa shape index (κ3) is 4.77. The highest BCUT2D eigenvalue weighted by atomic mass is 35.5. The van der Waals surface area contributed by atoms with E-state index in [9.17, 15) is 9.59 Å². The Morgan fingerprint density at radius 1 is 1.00 bits per heavy atom. The zero-order valence-electron chi connectivity index (χ0n) is 14.0. The van der Waals surface area contributed by atoms with E-state index in [-0.39, 0.29) is 11.6 Å². The number of hydrogen-bond donors (Lipinski definition) is 2. The fourth-order valence-corrected chi connectivity index (χ4v) is 3.15. The van der Waals surface area contributed by atoms with E-state index in [0.29, 0.717) is 32.2 Å². The van der Waals surface area contributed by atoms with Crippen molar-refractivity contribution in [2.45, 2.75) is 0 Å². The molecule has 0 radical (unpaired) electrons. The maximum atomic E-state index is 12.4. The van der Waals surface area contributed by atoms with Crippen LogP contribution in [0, 0.1) is 0 Å². The number of ether oxygens (including phenoxy) is 1. The van der Waals surface area contributed by atoms with Gasteiger partial charge in [-0.25, -0.2) is 4.98 Å². The van der Waals surface area contributed by atoms with Gasteiger partial charge in [-0.1, -0.05) is 23.2 Å². The van der Waals surface area contributed by atoms with E-state index in [0.717, 1.165) is 11.3 Å². The summed E-state index contributed by atoms with van der Waals surface area (Å²) in [5, 5.41) is 8.19. The zero-order valence-corrected chi connectivity index (χ0v) is 16.3. The minimum atomic E-state index is -0.446. The van der Waals surface area contributed by atoms with Gasteiger partial charge in [-0.2, -0.15) is 0 Å². The van der Waals surface area contributed by atoms with Gasteiger partial charge in [-0.3, -0.25) is 14.9 Å². The van der Waals surface area contributed by atoms with Crippen LogP contribution in [0.3, 0.4) is 0 Å². The Kier molecular flexibility index (Phi) is 5.95. The van der Waals surface area contributed by atoms with Crippen LogP contribution in [0.5, 0.6) is 5.75 Å². The van der Waals surface area contributed by atoms with Crippen molar-refractivity contribution in [2.75, 3.05) is 17.7 Å². The Hall–Kier alpha value is -2.61. The number of carbonyl (C=O) groups is 2. The summed E-state index contributed by atoms with van der Waals surface area (Å²) in [6.45, 7) is 0. The second-order valence-corrected chi connectivity index (χ2v) is 7.03. The predicted octanol–water partition coefficient (Wildman–Crippen LogP) is 4.96. The molecule has 0 saturated heterocycles. The molecule has 0 spiro atoms. The summed E-state index contributed by atoms with van der Waals surface area (Å²) in [6.07, 6.45) is 0. The lowest BCUT2D eigenvalue weighted by Gasteiger charge is -2.09. The van der Waals surface area contributed by atoms with Crippen molar-refractivity contribution in [3.05, 3.63) is 69.1 Å². The van der Waals surface area contributed by atoms with E-state index in [4.69, 9.17) is 27.9 Å². The van der Waals surface area contributed by atoms with Crippen LogP contribution in [0.1, 0.15) is 20.8 Å². The van der Waals surface area contributed by atoms with Crippen LogP contribution in [-0.4, -0.2) is 23.9 Å². The van der Waals surface area contributed by atoms with Gasteiger partial charge in [-0.05, 0) is 42.5 Å². The Morgan fingerprint density at radius 3 is 2.41 bits per heavy atom. The van der Waals surface area contributed by atoms with Gasteiger partial charge in [-0.15, -0.1) is 11.3 Å². The first-order valence-corrected chi connectivity index (χ1v) is 9.27. The highest BCUT2D eigenvalue weighted by Gasteiger charge is 2.15. The number of hydrogen-bond acceptors (Lipinski definition) is 5. The molecule has 0 aliphatic heterocycles. The number of thiazole rings is 1. The van der Waals surface area contributed by atoms with Crippen molar-refractivity contribution in [2.24, 2.45) is 0 Å². The van der Waals surface area contributed by atoms with Gasteiger partial charge in [0.15, 0.2) is 5.13 Å². The first-order valence-electron chi connectivity index (χ1n) is 7.63. The van der Waals surface area contributed by atoms with Crippen molar-refractivity contribution in [3.63, 3.8) is 0 Å². The van der Waals surface area contributed by atoms with Gasteiger partial charge in [0.1, 0.15) is 11.4 Å². The lowest BCUT2D eigenvalue weighted by Crippen LogP contribution is -2.14. The quantitative estimate of drug-likeness (QED) is 0.609. The summed E-state index contributed by atoms with van der Waals surface area (Å²) in [4.78, 5) is 28.7. The monoisotopic (exact) mass is 421 g/mol. The highest BCUT2D eigenvalue weighted by molar-refractivity contribution is 7.14. The van der Waals surface area contributed by atoms with Crippen molar-refractivity contribution < 1.29 is 14.3 Å². The molecule has 3 rings (SSSR count). The first kappa shape index (κ1) is 19.2.